The fourth-order valence-corrected chi connectivity index (χ4v) is 3.79. The minimum absolute atomic E-state index is 0.264. The maximum absolute atomic E-state index is 12.9. The molecule has 4 rings (SSSR count). The maximum atomic E-state index is 12.9. The number of aromatic nitrogens is 3. The van der Waals surface area contributed by atoms with E-state index in [1.165, 1.54) is 10.7 Å². The van der Waals surface area contributed by atoms with Crippen LogP contribution in [-0.2, 0) is 5.66 Å². The van der Waals surface area contributed by atoms with Crippen molar-refractivity contribution in [3.8, 4) is 0 Å². The summed E-state index contributed by atoms with van der Waals surface area (Å²) in [5.41, 5.74) is -0.313. The normalized spacial score (nSPS) is 18.5. The van der Waals surface area contributed by atoms with Crippen LogP contribution in [0.3, 0.4) is 0 Å². The number of hydrogen-bond acceptors (Lipinski definition) is 5. The molecule has 0 radical (unpaired) electrons. The number of carbonyl (C=O) groups is 1. The minimum atomic E-state index is -0.742. The lowest BCUT2D eigenvalue weighted by atomic mass is 10.1. The number of carbonyl (C=O) groups excluding carboxylic acids is 1. The Morgan fingerprint density at radius 1 is 1.17 bits per heavy atom. The van der Waals surface area contributed by atoms with E-state index in [0.29, 0.717) is 30.0 Å². The molecule has 1 fully saturated rings. The van der Waals surface area contributed by atoms with E-state index in [0.717, 1.165) is 12.8 Å². The van der Waals surface area contributed by atoms with Gasteiger partial charge in [0, 0.05) is 18.0 Å². The third-order valence-corrected chi connectivity index (χ3v) is 4.98. The van der Waals surface area contributed by atoms with Crippen LogP contribution in [-0.4, -0.2) is 24.9 Å². The smallest absolute Gasteiger partial charge is 0.287 e. The Morgan fingerprint density at radius 3 is 2.65 bits per heavy atom. The highest BCUT2D eigenvalue weighted by atomic mass is 35.5. The Morgan fingerprint density at radius 2 is 1.96 bits per heavy atom. The maximum Gasteiger partial charge on any atom is 0.287 e. The summed E-state index contributed by atoms with van der Waals surface area (Å²) in [7, 11) is 0. The van der Waals surface area contributed by atoms with Gasteiger partial charge in [0.2, 0.25) is 0 Å². The highest BCUT2D eigenvalue weighted by Crippen LogP contribution is 2.45. The van der Waals surface area contributed by atoms with Crippen molar-refractivity contribution in [1.82, 2.24) is 19.0 Å². The first-order chi connectivity index (χ1) is 11.1. The molecule has 1 spiro atoms. The number of anilines is 2. The van der Waals surface area contributed by atoms with E-state index in [1.54, 1.807) is 29.0 Å². The van der Waals surface area contributed by atoms with Crippen molar-refractivity contribution in [1.29, 1.82) is 0 Å². The van der Waals surface area contributed by atoms with E-state index < -0.39 is 5.66 Å². The molecule has 2 aromatic rings. The molecule has 118 valence electrons. The number of nitrogens with one attached hydrogen (secondary N) is 1. The molecule has 0 aromatic carbocycles. The highest BCUT2D eigenvalue weighted by Gasteiger charge is 2.51. The predicted molar refractivity (Wildman–Crippen MR) is 84.5 cm³/mol. The van der Waals surface area contributed by atoms with Crippen LogP contribution in [0.4, 0.5) is 11.5 Å². The summed E-state index contributed by atoms with van der Waals surface area (Å²) in [6.45, 7) is 0. The Hall–Kier alpha value is -2.41. The number of hydrogen-bond donors (Lipinski definition) is 1. The molecular formula is C15H14ClN5O2. The van der Waals surface area contributed by atoms with E-state index in [9.17, 15) is 9.59 Å². The molecule has 1 aliphatic heterocycles. The Balaban J connectivity index is 1.84. The van der Waals surface area contributed by atoms with Crippen molar-refractivity contribution in [3.05, 3.63) is 46.8 Å². The summed E-state index contributed by atoms with van der Waals surface area (Å²) >= 11 is 6.26. The summed E-state index contributed by atoms with van der Waals surface area (Å²) < 4.78 is 2.74. The van der Waals surface area contributed by atoms with Crippen molar-refractivity contribution >= 4 is 29.2 Å². The van der Waals surface area contributed by atoms with Crippen LogP contribution in [0.2, 0.25) is 0 Å². The summed E-state index contributed by atoms with van der Waals surface area (Å²) in [6, 6.07) is 4.89. The lowest BCUT2D eigenvalue weighted by Gasteiger charge is -2.30. The second-order valence-electron chi connectivity index (χ2n) is 5.77. The Labute approximate surface area is 137 Å². The number of halogens is 1. The number of fused-ring (bicyclic) bond motifs is 2. The van der Waals surface area contributed by atoms with Crippen LogP contribution < -0.4 is 10.9 Å². The zero-order valence-corrected chi connectivity index (χ0v) is 13.0. The standard InChI is InChI=1S/C15H14ClN5O2/c16-21-14(23)11-4-3-10(19-12-5-8-17-9-18-12)13(22)20(11)15(21)6-1-2-7-15/h3-5,8-9H,1-2,6-7H2,(H,17,18,19). The lowest BCUT2D eigenvalue weighted by Crippen LogP contribution is -2.44. The molecule has 0 bridgehead atoms. The Bertz CT molecular complexity index is 830. The fraction of sp³-hybridized carbons (Fsp3) is 0.333. The molecule has 1 aliphatic carbocycles. The van der Waals surface area contributed by atoms with Crippen LogP contribution in [0, 0.1) is 0 Å². The first-order valence-corrected chi connectivity index (χ1v) is 7.77. The molecule has 1 amide bonds. The number of nitrogens with zero attached hydrogens (tertiary/aromatic N) is 4. The van der Waals surface area contributed by atoms with Gasteiger partial charge >= 0.3 is 0 Å². The molecule has 8 heteroatoms. The van der Waals surface area contributed by atoms with Gasteiger partial charge in [0.1, 0.15) is 29.2 Å². The fourth-order valence-electron chi connectivity index (χ4n) is 3.45. The summed E-state index contributed by atoms with van der Waals surface area (Å²) in [6.07, 6.45) is 6.23. The predicted octanol–water partition coefficient (Wildman–Crippen LogP) is 2.22. The summed E-state index contributed by atoms with van der Waals surface area (Å²) in [5.74, 6) is 0.199. The van der Waals surface area contributed by atoms with Gasteiger partial charge in [-0.3, -0.25) is 14.2 Å². The van der Waals surface area contributed by atoms with E-state index in [4.69, 9.17) is 11.8 Å². The van der Waals surface area contributed by atoms with Gasteiger partial charge in [-0.1, -0.05) is 0 Å². The largest absolute Gasteiger partial charge is 0.336 e. The molecule has 3 heterocycles. The van der Waals surface area contributed by atoms with Crippen LogP contribution in [0.25, 0.3) is 0 Å². The van der Waals surface area contributed by atoms with Crippen molar-refractivity contribution < 1.29 is 4.79 Å². The zero-order valence-electron chi connectivity index (χ0n) is 12.2. The second-order valence-corrected chi connectivity index (χ2v) is 6.11. The molecule has 2 aliphatic rings. The second kappa shape index (κ2) is 5.06. The average molecular weight is 332 g/mol. The number of pyridine rings is 1. The molecule has 23 heavy (non-hydrogen) atoms. The van der Waals surface area contributed by atoms with Crippen LogP contribution in [0.1, 0.15) is 36.2 Å². The van der Waals surface area contributed by atoms with Gasteiger partial charge < -0.3 is 5.32 Å². The monoisotopic (exact) mass is 331 g/mol. The zero-order chi connectivity index (χ0) is 16.0. The van der Waals surface area contributed by atoms with Crippen LogP contribution in [0.15, 0.2) is 35.5 Å². The average Bonchev–Trinajstić information content (AvgIpc) is 3.13. The van der Waals surface area contributed by atoms with E-state index in [1.807, 2.05) is 0 Å². The Kier molecular flexibility index (Phi) is 3.12. The minimum Gasteiger partial charge on any atom is -0.336 e. The van der Waals surface area contributed by atoms with Crippen molar-refractivity contribution in [2.75, 3.05) is 5.32 Å². The number of amides is 1. The molecule has 0 unspecified atom stereocenters. The van der Waals surface area contributed by atoms with Crippen LogP contribution >= 0.6 is 11.8 Å². The lowest BCUT2D eigenvalue weighted by molar-refractivity contribution is 0.0713. The third-order valence-electron chi connectivity index (χ3n) is 4.51. The molecule has 2 aromatic heterocycles. The summed E-state index contributed by atoms with van der Waals surface area (Å²) in [5, 5.41) is 2.98. The van der Waals surface area contributed by atoms with Gasteiger partial charge in [0.25, 0.3) is 11.5 Å². The van der Waals surface area contributed by atoms with Gasteiger partial charge in [0.15, 0.2) is 0 Å². The molecule has 0 saturated heterocycles. The first kappa shape index (κ1) is 14.2. The molecule has 7 nitrogen and oxygen atoms in total. The van der Waals surface area contributed by atoms with Gasteiger partial charge in [-0.25, -0.2) is 14.4 Å². The van der Waals surface area contributed by atoms with E-state index in [2.05, 4.69) is 15.3 Å². The van der Waals surface area contributed by atoms with E-state index in [-0.39, 0.29) is 11.5 Å². The SMILES string of the molecule is O=C1c2ccc(Nc3ccncn3)c(=O)n2C2(CCCC2)N1Cl. The van der Waals surface area contributed by atoms with Gasteiger partial charge in [-0.15, -0.1) is 0 Å². The number of rotatable bonds is 2. The third kappa shape index (κ3) is 1.96. The first-order valence-electron chi connectivity index (χ1n) is 7.43. The van der Waals surface area contributed by atoms with Crippen LogP contribution in [0.5, 0.6) is 0 Å². The van der Waals surface area contributed by atoms with Crippen molar-refractivity contribution in [3.63, 3.8) is 0 Å². The topological polar surface area (TPSA) is 80.1 Å². The van der Waals surface area contributed by atoms with Gasteiger partial charge in [-0.05, 0) is 43.9 Å². The van der Waals surface area contributed by atoms with Gasteiger partial charge in [-0.2, -0.15) is 0 Å². The molecular weight excluding hydrogens is 318 g/mol. The van der Waals surface area contributed by atoms with E-state index >= 15 is 0 Å². The highest BCUT2D eigenvalue weighted by molar-refractivity contribution is 6.25. The summed E-state index contributed by atoms with van der Waals surface area (Å²) in [4.78, 5) is 33.2. The van der Waals surface area contributed by atoms with Gasteiger partial charge in [0.05, 0.1) is 0 Å². The van der Waals surface area contributed by atoms with Crippen molar-refractivity contribution in [2.45, 2.75) is 31.3 Å². The molecule has 0 atom stereocenters. The molecule has 1 N–H and O–H groups in total. The molecule has 1 saturated carbocycles. The van der Waals surface area contributed by atoms with Crippen molar-refractivity contribution in [2.24, 2.45) is 0 Å². The quantitative estimate of drug-likeness (QED) is 0.853.